The zero-order valence-corrected chi connectivity index (χ0v) is 12.3. The van der Waals surface area contributed by atoms with Gasteiger partial charge in [0.05, 0.1) is 4.90 Å². The van der Waals surface area contributed by atoms with Crippen LogP contribution in [0.1, 0.15) is 13.8 Å². The van der Waals surface area contributed by atoms with Crippen molar-refractivity contribution in [3.05, 3.63) is 29.0 Å². The summed E-state index contributed by atoms with van der Waals surface area (Å²) in [6.45, 7) is 3.39. The minimum absolute atomic E-state index is 0. The molecule has 18 heavy (non-hydrogen) atoms. The van der Waals surface area contributed by atoms with Crippen LogP contribution in [0.5, 0.6) is 0 Å². The van der Waals surface area contributed by atoms with Crippen LogP contribution in [0, 0.1) is 5.82 Å². The summed E-state index contributed by atoms with van der Waals surface area (Å²) in [4.78, 5) is -0.216. The van der Waals surface area contributed by atoms with Crippen LogP contribution in [0.3, 0.4) is 0 Å². The average molecular weight is 317 g/mol. The summed E-state index contributed by atoms with van der Waals surface area (Å²) in [6.07, 6.45) is 0. The van der Waals surface area contributed by atoms with Crippen molar-refractivity contribution in [2.45, 2.75) is 24.3 Å². The third kappa shape index (κ3) is 5.49. The van der Waals surface area contributed by atoms with Crippen LogP contribution in [0.4, 0.5) is 4.39 Å². The summed E-state index contributed by atoms with van der Waals surface area (Å²) in [5.74, 6) is -0.704. The second kappa shape index (κ2) is 6.16. The van der Waals surface area contributed by atoms with Gasteiger partial charge in [0, 0.05) is 17.1 Å². The first-order chi connectivity index (χ1) is 7.60. The van der Waals surface area contributed by atoms with E-state index in [0.717, 1.165) is 12.1 Å². The van der Waals surface area contributed by atoms with Crippen molar-refractivity contribution in [2.24, 2.45) is 5.73 Å². The van der Waals surface area contributed by atoms with Gasteiger partial charge in [-0.2, -0.15) is 0 Å². The van der Waals surface area contributed by atoms with Gasteiger partial charge in [-0.3, -0.25) is 0 Å². The smallest absolute Gasteiger partial charge is 0.240 e. The monoisotopic (exact) mass is 316 g/mol. The van der Waals surface area contributed by atoms with Gasteiger partial charge < -0.3 is 5.73 Å². The molecule has 0 amide bonds. The number of halogens is 3. The van der Waals surface area contributed by atoms with Gasteiger partial charge in [-0.1, -0.05) is 11.6 Å². The maximum atomic E-state index is 13.0. The lowest BCUT2D eigenvalue weighted by Crippen LogP contribution is -2.45. The molecule has 0 fully saturated rings. The Hall–Kier alpha value is -0.400. The van der Waals surface area contributed by atoms with Crippen LogP contribution in [0.2, 0.25) is 5.02 Å². The van der Waals surface area contributed by atoms with Gasteiger partial charge in [-0.05, 0) is 32.0 Å². The van der Waals surface area contributed by atoms with E-state index in [1.165, 1.54) is 6.07 Å². The molecular formula is C10H15Cl2FN2O2S. The molecule has 0 atom stereocenters. The SMILES string of the molecule is CC(C)(N)CNS(=O)(=O)c1cc(F)cc(Cl)c1.Cl. The Morgan fingerprint density at radius 1 is 1.39 bits per heavy atom. The maximum absolute atomic E-state index is 13.0. The molecule has 0 saturated heterocycles. The third-order valence-electron chi connectivity index (χ3n) is 1.86. The second-order valence-electron chi connectivity index (χ2n) is 4.42. The molecule has 1 rings (SSSR count). The van der Waals surface area contributed by atoms with Crippen LogP contribution in [0.15, 0.2) is 23.1 Å². The number of nitrogens with one attached hydrogen (secondary N) is 1. The molecule has 4 nitrogen and oxygen atoms in total. The van der Waals surface area contributed by atoms with Crippen molar-refractivity contribution >= 4 is 34.0 Å². The lowest BCUT2D eigenvalue weighted by atomic mass is 10.1. The van der Waals surface area contributed by atoms with Crippen LogP contribution >= 0.6 is 24.0 Å². The molecular weight excluding hydrogens is 302 g/mol. The summed E-state index contributed by atoms with van der Waals surface area (Å²) in [5.41, 5.74) is 4.96. The molecule has 0 aliphatic heterocycles. The molecule has 8 heteroatoms. The maximum Gasteiger partial charge on any atom is 0.240 e. The summed E-state index contributed by atoms with van der Waals surface area (Å²) in [6, 6.07) is 3.11. The fraction of sp³-hybridized carbons (Fsp3) is 0.400. The fourth-order valence-corrected chi connectivity index (χ4v) is 2.61. The largest absolute Gasteiger partial charge is 0.324 e. The second-order valence-corrected chi connectivity index (χ2v) is 6.62. The van der Waals surface area contributed by atoms with E-state index in [0.29, 0.717) is 0 Å². The Bertz CT molecular complexity index is 495. The Kier molecular flexibility index (Phi) is 6.03. The first-order valence-electron chi connectivity index (χ1n) is 4.85. The molecule has 0 aliphatic rings. The van der Waals surface area contributed by atoms with Gasteiger partial charge in [-0.25, -0.2) is 17.5 Å². The highest BCUT2D eigenvalue weighted by Crippen LogP contribution is 2.18. The standard InChI is InChI=1S/C10H14ClFN2O2S.ClH/c1-10(2,13)6-14-17(15,16)9-4-7(11)3-8(12)5-9;/h3-5,14H,6,13H2,1-2H3;1H. The third-order valence-corrected chi connectivity index (χ3v) is 3.46. The summed E-state index contributed by atoms with van der Waals surface area (Å²) >= 11 is 5.59. The van der Waals surface area contributed by atoms with E-state index >= 15 is 0 Å². The lowest BCUT2D eigenvalue weighted by molar-refractivity contribution is 0.497. The molecule has 0 bridgehead atoms. The molecule has 1 aromatic carbocycles. The molecule has 0 radical (unpaired) electrons. The van der Waals surface area contributed by atoms with Gasteiger partial charge >= 0.3 is 0 Å². The van der Waals surface area contributed by atoms with Crippen molar-refractivity contribution < 1.29 is 12.8 Å². The van der Waals surface area contributed by atoms with E-state index in [9.17, 15) is 12.8 Å². The van der Waals surface area contributed by atoms with E-state index in [-0.39, 0.29) is 28.9 Å². The molecule has 0 aliphatic carbocycles. The number of sulfonamides is 1. The van der Waals surface area contributed by atoms with E-state index < -0.39 is 21.4 Å². The normalized spacial score (nSPS) is 12.1. The molecule has 3 N–H and O–H groups in total. The van der Waals surface area contributed by atoms with Crippen molar-refractivity contribution in [1.29, 1.82) is 0 Å². The Balaban J connectivity index is 0.00000289. The molecule has 0 spiro atoms. The van der Waals surface area contributed by atoms with Gasteiger partial charge in [0.15, 0.2) is 0 Å². The van der Waals surface area contributed by atoms with Crippen LogP contribution in [-0.4, -0.2) is 20.5 Å². The van der Waals surface area contributed by atoms with E-state index in [2.05, 4.69) is 4.72 Å². The quantitative estimate of drug-likeness (QED) is 0.891. The Morgan fingerprint density at radius 2 is 1.94 bits per heavy atom. The topological polar surface area (TPSA) is 72.2 Å². The Morgan fingerprint density at radius 3 is 2.39 bits per heavy atom. The molecule has 0 saturated carbocycles. The zero-order valence-electron chi connectivity index (χ0n) is 9.91. The Labute approximate surface area is 117 Å². The molecule has 0 unspecified atom stereocenters. The highest BCUT2D eigenvalue weighted by atomic mass is 35.5. The molecule has 0 heterocycles. The predicted molar refractivity (Wildman–Crippen MR) is 72.1 cm³/mol. The van der Waals surface area contributed by atoms with Crippen LogP contribution in [-0.2, 0) is 10.0 Å². The van der Waals surface area contributed by atoms with Gasteiger partial charge in [0.2, 0.25) is 10.0 Å². The first-order valence-corrected chi connectivity index (χ1v) is 6.71. The van der Waals surface area contributed by atoms with Crippen molar-refractivity contribution in [1.82, 2.24) is 4.72 Å². The van der Waals surface area contributed by atoms with Crippen molar-refractivity contribution in [3.63, 3.8) is 0 Å². The van der Waals surface area contributed by atoms with Crippen molar-refractivity contribution in [3.8, 4) is 0 Å². The average Bonchev–Trinajstić information content (AvgIpc) is 2.12. The number of hydrogen-bond acceptors (Lipinski definition) is 3. The van der Waals surface area contributed by atoms with Gasteiger partial charge in [-0.15, -0.1) is 12.4 Å². The molecule has 1 aromatic rings. The molecule has 0 aromatic heterocycles. The molecule has 104 valence electrons. The number of hydrogen-bond donors (Lipinski definition) is 2. The van der Waals surface area contributed by atoms with Crippen LogP contribution < -0.4 is 10.5 Å². The van der Waals surface area contributed by atoms with Gasteiger partial charge in [0.1, 0.15) is 5.82 Å². The zero-order chi connectivity index (χ0) is 13.3. The highest BCUT2D eigenvalue weighted by Gasteiger charge is 2.19. The van der Waals surface area contributed by atoms with E-state index in [1.54, 1.807) is 13.8 Å². The summed E-state index contributed by atoms with van der Waals surface area (Å²) in [5, 5.41) is 0.0254. The van der Waals surface area contributed by atoms with Crippen LogP contribution in [0.25, 0.3) is 0 Å². The van der Waals surface area contributed by atoms with E-state index in [1.807, 2.05) is 0 Å². The number of nitrogens with two attached hydrogens (primary N) is 1. The van der Waals surface area contributed by atoms with Crippen molar-refractivity contribution in [2.75, 3.05) is 6.54 Å². The number of rotatable bonds is 4. The predicted octanol–water partition coefficient (Wildman–Crippen LogP) is 1.92. The summed E-state index contributed by atoms with van der Waals surface area (Å²) < 4.78 is 38.9. The highest BCUT2D eigenvalue weighted by molar-refractivity contribution is 7.89. The minimum atomic E-state index is -3.79. The van der Waals surface area contributed by atoms with Gasteiger partial charge in [0.25, 0.3) is 0 Å². The minimum Gasteiger partial charge on any atom is -0.324 e. The lowest BCUT2D eigenvalue weighted by Gasteiger charge is -2.19. The fourth-order valence-electron chi connectivity index (χ4n) is 1.05. The van der Waals surface area contributed by atoms with E-state index in [4.69, 9.17) is 17.3 Å². The first kappa shape index (κ1) is 17.6. The summed E-state index contributed by atoms with van der Waals surface area (Å²) in [7, 11) is -3.79. The number of benzene rings is 1.